The van der Waals surface area contributed by atoms with Crippen LogP contribution in [0.15, 0.2) is 24.3 Å². The predicted molar refractivity (Wildman–Crippen MR) is 99.5 cm³/mol. The molecule has 0 spiro atoms. The number of nitro groups is 1. The first-order valence-corrected chi connectivity index (χ1v) is 8.24. The summed E-state index contributed by atoms with van der Waals surface area (Å²) in [7, 11) is 0. The molecule has 0 radical (unpaired) electrons. The Morgan fingerprint density at radius 3 is 2.33 bits per heavy atom. The van der Waals surface area contributed by atoms with Crippen LogP contribution in [0.25, 0.3) is 0 Å². The largest absolute Gasteiger partial charge is 0.339 e. The molecule has 0 aliphatic heterocycles. The van der Waals surface area contributed by atoms with Crippen LogP contribution in [0.2, 0.25) is 0 Å². The van der Waals surface area contributed by atoms with Crippen molar-refractivity contribution in [2.75, 3.05) is 5.32 Å². The van der Waals surface area contributed by atoms with Gasteiger partial charge in [0.1, 0.15) is 11.9 Å². The summed E-state index contributed by atoms with van der Waals surface area (Å²) in [6, 6.07) is 5.92. The molecule has 1 aromatic rings. The van der Waals surface area contributed by atoms with Crippen LogP contribution in [0.5, 0.6) is 0 Å². The van der Waals surface area contributed by atoms with Crippen molar-refractivity contribution in [3.05, 3.63) is 34.4 Å². The maximum atomic E-state index is 11.8. The van der Waals surface area contributed by atoms with E-state index in [1.807, 2.05) is 0 Å². The summed E-state index contributed by atoms with van der Waals surface area (Å²) >= 11 is 22.6. The molecule has 11 heteroatoms. The first-order chi connectivity index (χ1) is 11.0. The van der Waals surface area contributed by atoms with Crippen LogP contribution < -0.4 is 16.0 Å². The molecule has 1 unspecified atom stereocenters. The van der Waals surface area contributed by atoms with E-state index in [0.717, 1.165) is 0 Å². The summed E-state index contributed by atoms with van der Waals surface area (Å²) in [5, 5.41) is 18.7. The van der Waals surface area contributed by atoms with Gasteiger partial charge < -0.3 is 16.0 Å². The van der Waals surface area contributed by atoms with E-state index in [2.05, 4.69) is 16.0 Å². The number of carbonyl (C=O) groups is 1. The number of thiocarbonyl (C=S) groups is 1. The highest BCUT2D eigenvalue weighted by Crippen LogP contribution is 2.29. The van der Waals surface area contributed by atoms with E-state index < -0.39 is 14.9 Å². The van der Waals surface area contributed by atoms with Gasteiger partial charge in [-0.3, -0.25) is 14.9 Å². The Labute approximate surface area is 159 Å². The third kappa shape index (κ3) is 6.27. The lowest BCUT2D eigenvalue weighted by molar-refractivity contribution is -0.383. The first-order valence-electron chi connectivity index (χ1n) is 6.70. The third-order valence-electron chi connectivity index (χ3n) is 2.76. The molecular weight excluding hydrogens is 399 g/mol. The van der Waals surface area contributed by atoms with E-state index in [-0.39, 0.29) is 28.3 Å². The molecule has 0 saturated carbocycles. The number of anilines is 1. The van der Waals surface area contributed by atoms with Crippen molar-refractivity contribution in [3.63, 3.8) is 0 Å². The number of benzene rings is 1. The molecule has 1 aromatic carbocycles. The van der Waals surface area contributed by atoms with Crippen molar-refractivity contribution in [3.8, 4) is 0 Å². The quantitative estimate of drug-likeness (QED) is 0.225. The molecule has 132 valence electrons. The van der Waals surface area contributed by atoms with Crippen molar-refractivity contribution in [2.24, 2.45) is 5.92 Å². The van der Waals surface area contributed by atoms with Crippen molar-refractivity contribution in [1.82, 2.24) is 10.6 Å². The molecule has 3 N–H and O–H groups in total. The van der Waals surface area contributed by atoms with Gasteiger partial charge in [-0.2, -0.15) is 0 Å². The fourth-order valence-electron chi connectivity index (χ4n) is 1.54. The lowest BCUT2D eigenvalue weighted by atomic mass is 10.2. The summed E-state index contributed by atoms with van der Waals surface area (Å²) in [5.41, 5.74) is -0.00319. The lowest BCUT2D eigenvalue weighted by Gasteiger charge is -2.28. The normalized spacial score (nSPS) is 12.4. The summed E-state index contributed by atoms with van der Waals surface area (Å²) in [4.78, 5) is 22.2. The molecule has 0 aliphatic carbocycles. The van der Waals surface area contributed by atoms with Crippen LogP contribution in [0.3, 0.4) is 0 Å². The zero-order chi connectivity index (χ0) is 18.5. The standard InChI is InChI=1S/C13H15Cl3N4O3S/c1-7(2)10(21)18-11(13(14,15)16)19-12(24)17-8-5-3-4-6-9(8)20(22)23/h3-7,11H,1-2H3,(H,18,21)(H2,17,19,24). The molecule has 0 aromatic heterocycles. The lowest BCUT2D eigenvalue weighted by Crippen LogP contribution is -2.56. The van der Waals surface area contributed by atoms with Crippen molar-refractivity contribution in [1.29, 1.82) is 0 Å². The molecule has 0 fully saturated rings. The average Bonchev–Trinajstić information content (AvgIpc) is 2.45. The Balaban J connectivity index is 2.86. The monoisotopic (exact) mass is 412 g/mol. The van der Waals surface area contributed by atoms with Crippen LogP contribution in [-0.4, -0.2) is 25.9 Å². The van der Waals surface area contributed by atoms with Crippen LogP contribution in [0, 0.1) is 16.0 Å². The van der Waals surface area contributed by atoms with Crippen LogP contribution in [0.4, 0.5) is 11.4 Å². The second-order valence-corrected chi connectivity index (χ2v) is 7.79. The van der Waals surface area contributed by atoms with E-state index in [9.17, 15) is 14.9 Å². The molecule has 24 heavy (non-hydrogen) atoms. The number of halogens is 3. The van der Waals surface area contributed by atoms with Crippen molar-refractivity contribution < 1.29 is 9.72 Å². The predicted octanol–water partition coefficient (Wildman–Crippen LogP) is 3.35. The van der Waals surface area contributed by atoms with Gasteiger partial charge in [-0.1, -0.05) is 60.8 Å². The van der Waals surface area contributed by atoms with Gasteiger partial charge in [0.2, 0.25) is 9.70 Å². The summed E-state index contributed by atoms with van der Waals surface area (Å²) in [6.45, 7) is 3.35. The van der Waals surface area contributed by atoms with Gasteiger partial charge in [-0.05, 0) is 18.3 Å². The maximum Gasteiger partial charge on any atom is 0.292 e. The molecule has 1 atom stereocenters. The third-order valence-corrected chi connectivity index (χ3v) is 3.64. The van der Waals surface area contributed by atoms with Crippen LogP contribution in [0.1, 0.15) is 13.8 Å². The molecule has 1 amide bonds. The number of nitrogens with zero attached hydrogens (tertiary/aromatic N) is 1. The molecular formula is C13H15Cl3N4O3S. The smallest absolute Gasteiger partial charge is 0.292 e. The summed E-state index contributed by atoms with van der Waals surface area (Å²) < 4.78 is -1.89. The second kappa shape index (κ2) is 8.66. The van der Waals surface area contributed by atoms with Gasteiger partial charge >= 0.3 is 0 Å². The molecule has 0 aliphatic rings. The van der Waals surface area contributed by atoms with Crippen molar-refractivity contribution >= 4 is 69.4 Å². The fourth-order valence-corrected chi connectivity index (χ4v) is 2.09. The number of para-hydroxylation sites is 2. The minimum atomic E-state index is -1.89. The Morgan fingerprint density at radius 2 is 1.83 bits per heavy atom. The molecule has 7 nitrogen and oxygen atoms in total. The van der Waals surface area contributed by atoms with E-state index >= 15 is 0 Å². The Bertz CT molecular complexity index is 637. The Hall–Kier alpha value is -1.35. The highest BCUT2D eigenvalue weighted by Gasteiger charge is 2.35. The number of alkyl halides is 3. The highest BCUT2D eigenvalue weighted by molar-refractivity contribution is 7.80. The molecule has 0 bridgehead atoms. The minimum Gasteiger partial charge on any atom is -0.339 e. The van der Waals surface area contributed by atoms with E-state index in [1.165, 1.54) is 18.2 Å². The average molecular weight is 414 g/mol. The SMILES string of the molecule is CC(C)C(=O)NC(NC(=S)Nc1ccccc1[N+](=O)[O-])C(Cl)(Cl)Cl. The van der Waals surface area contributed by atoms with E-state index in [0.29, 0.717) is 0 Å². The Morgan fingerprint density at radius 1 is 1.25 bits per heavy atom. The number of amides is 1. The van der Waals surface area contributed by atoms with E-state index in [4.69, 9.17) is 47.0 Å². The number of nitro benzene ring substituents is 1. The summed E-state index contributed by atoms with van der Waals surface area (Å²) in [6.07, 6.45) is -1.12. The van der Waals surface area contributed by atoms with E-state index in [1.54, 1.807) is 19.9 Å². The summed E-state index contributed by atoms with van der Waals surface area (Å²) in [5.74, 6) is -0.689. The van der Waals surface area contributed by atoms with Gasteiger partial charge in [0.25, 0.3) is 5.69 Å². The molecule has 0 saturated heterocycles. The van der Waals surface area contributed by atoms with Gasteiger partial charge in [-0.25, -0.2) is 0 Å². The first kappa shape index (κ1) is 20.7. The number of hydrogen-bond acceptors (Lipinski definition) is 4. The maximum absolute atomic E-state index is 11.8. The fraction of sp³-hybridized carbons (Fsp3) is 0.385. The van der Waals surface area contributed by atoms with Crippen LogP contribution in [-0.2, 0) is 4.79 Å². The number of hydrogen-bond donors (Lipinski definition) is 3. The number of nitrogens with one attached hydrogen (secondary N) is 3. The zero-order valence-corrected chi connectivity index (χ0v) is 15.8. The molecule has 1 rings (SSSR count). The Kier molecular flexibility index (Phi) is 7.47. The number of carbonyl (C=O) groups excluding carboxylic acids is 1. The highest BCUT2D eigenvalue weighted by atomic mass is 35.6. The van der Waals surface area contributed by atoms with Gasteiger partial charge in [0.05, 0.1) is 4.92 Å². The topological polar surface area (TPSA) is 96.3 Å². The number of rotatable bonds is 5. The zero-order valence-electron chi connectivity index (χ0n) is 12.7. The van der Waals surface area contributed by atoms with Gasteiger partial charge in [0.15, 0.2) is 5.11 Å². The molecule has 0 heterocycles. The second-order valence-electron chi connectivity index (χ2n) is 5.01. The van der Waals surface area contributed by atoms with Gasteiger partial charge in [0, 0.05) is 12.0 Å². The van der Waals surface area contributed by atoms with Crippen LogP contribution >= 0.6 is 47.0 Å². The minimum absolute atomic E-state index is 0.0512. The van der Waals surface area contributed by atoms with Gasteiger partial charge in [-0.15, -0.1) is 0 Å². The van der Waals surface area contributed by atoms with Crippen molar-refractivity contribution in [2.45, 2.75) is 23.8 Å².